The summed E-state index contributed by atoms with van der Waals surface area (Å²) in [5, 5.41) is 7.97. The topological polar surface area (TPSA) is 55.0 Å². The van der Waals surface area contributed by atoms with Crippen molar-refractivity contribution in [3.05, 3.63) is 76.1 Å². The minimum Gasteiger partial charge on any atom is -0.493 e. The van der Waals surface area contributed by atoms with Crippen LogP contribution < -0.4 is 4.74 Å². The van der Waals surface area contributed by atoms with Crippen LogP contribution in [0, 0.1) is 5.92 Å². The molecule has 0 unspecified atom stereocenters. The first-order chi connectivity index (χ1) is 15.4. The standard InChI is InChI=1S/C27H29ClN2O2/c1-5-21(27(31)19-11-18-12-20(28)8-10-26(18)32-15-19)22-9-7-17(13-23(22)16(3)4)24-14-29-30-25(24)6-2/h5,7-10,12-14,16,19H,6,11,15H2,1-4H3,(H,29,30)/b21-5+/t19-/m0/s1. The molecule has 1 aromatic heterocycles. The molecule has 3 aromatic rings. The summed E-state index contributed by atoms with van der Waals surface area (Å²) >= 11 is 6.17. The number of ketones is 1. The Kier molecular flexibility index (Phi) is 6.52. The van der Waals surface area contributed by atoms with Gasteiger partial charge in [0.05, 0.1) is 18.7 Å². The van der Waals surface area contributed by atoms with Gasteiger partial charge in [0.1, 0.15) is 5.75 Å². The molecule has 0 saturated heterocycles. The van der Waals surface area contributed by atoms with Crippen LogP contribution in [0.2, 0.25) is 5.02 Å². The number of ether oxygens (including phenoxy) is 1. The number of nitrogens with one attached hydrogen (secondary N) is 1. The third-order valence-electron chi connectivity index (χ3n) is 6.20. The third kappa shape index (κ3) is 4.24. The molecule has 1 N–H and O–H groups in total. The van der Waals surface area contributed by atoms with Crippen molar-refractivity contribution in [2.45, 2.75) is 46.5 Å². The highest BCUT2D eigenvalue weighted by atomic mass is 35.5. The van der Waals surface area contributed by atoms with E-state index in [1.54, 1.807) is 0 Å². The second-order valence-corrected chi connectivity index (χ2v) is 9.04. The Morgan fingerprint density at radius 1 is 1.28 bits per heavy atom. The lowest BCUT2D eigenvalue weighted by Gasteiger charge is -2.26. The van der Waals surface area contributed by atoms with E-state index in [-0.39, 0.29) is 17.6 Å². The van der Waals surface area contributed by atoms with Gasteiger partial charge in [-0.1, -0.05) is 56.6 Å². The maximum Gasteiger partial charge on any atom is 0.169 e. The fourth-order valence-corrected chi connectivity index (χ4v) is 4.66. The lowest BCUT2D eigenvalue weighted by molar-refractivity contribution is -0.118. The molecule has 0 saturated carbocycles. The zero-order valence-electron chi connectivity index (χ0n) is 19.0. The van der Waals surface area contributed by atoms with Crippen molar-refractivity contribution in [2.75, 3.05) is 6.61 Å². The van der Waals surface area contributed by atoms with Crippen molar-refractivity contribution in [1.29, 1.82) is 0 Å². The second kappa shape index (κ2) is 9.33. The number of aromatic nitrogens is 2. The number of hydrogen-bond acceptors (Lipinski definition) is 3. The number of carbonyl (C=O) groups excluding carboxylic acids is 1. The number of halogens is 1. The van der Waals surface area contributed by atoms with Gasteiger partial charge in [-0.2, -0.15) is 5.10 Å². The molecule has 0 radical (unpaired) electrons. The van der Waals surface area contributed by atoms with E-state index in [9.17, 15) is 4.79 Å². The molecule has 166 valence electrons. The Morgan fingerprint density at radius 2 is 2.09 bits per heavy atom. The first kappa shape index (κ1) is 22.3. The maximum atomic E-state index is 13.6. The van der Waals surface area contributed by atoms with E-state index >= 15 is 0 Å². The van der Waals surface area contributed by atoms with Crippen LogP contribution in [0.1, 0.15) is 56.0 Å². The number of carbonyl (C=O) groups is 1. The van der Waals surface area contributed by atoms with E-state index in [4.69, 9.17) is 16.3 Å². The number of aromatic amines is 1. The van der Waals surface area contributed by atoms with Crippen LogP contribution in [0.25, 0.3) is 16.7 Å². The third-order valence-corrected chi connectivity index (χ3v) is 6.44. The Hall–Kier alpha value is -2.85. The van der Waals surface area contributed by atoms with E-state index in [0.29, 0.717) is 18.1 Å². The zero-order valence-corrected chi connectivity index (χ0v) is 19.8. The Bertz CT molecular complexity index is 1180. The fourth-order valence-electron chi connectivity index (χ4n) is 4.47. The number of rotatable bonds is 6. The highest BCUT2D eigenvalue weighted by Crippen LogP contribution is 2.36. The Labute approximate surface area is 194 Å². The van der Waals surface area contributed by atoms with E-state index < -0.39 is 0 Å². The predicted molar refractivity (Wildman–Crippen MR) is 130 cm³/mol. The highest BCUT2D eigenvalue weighted by molar-refractivity contribution is 6.30. The molecule has 4 rings (SSSR count). The van der Waals surface area contributed by atoms with Crippen LogP contribution in [0.5, 0.6) is 5.75 Å². The molecule has 5 heteroatoms. The predicted octanol–water partition coefficient (Wildman–Crippen LogP) is 6.64. The van der Waals surface area contributed by atoms with Crippen LogP contribution >= 0.6 is 11.6 Å². The van der Waals surface area contributed by atoms with Crippen LogP contribution in [0.4, 0.5) is 0 Å². The Morgan fingerprint density at radius 3 is 2.81 bits per heavy atom. The number of fused-ring (bicyclic) bond motifs is 1. The summed E-state index contributed by atoms with van der Waals surface area (Å²) in [6, 6.07) is 12.0. The highest BCUT2D eigenvalue weighted by Gasteiger charge is 2.29. The van der Waals surface area contributed by atoms with Crippen molar-refractivity contribution < 1.29 is 9.53 Å². The molecule has 32 heavy (non-hydrogen) atoms. The maximum absolute atomic E-state index is 13.6. The molecule has 0 amide bonds. The van der Waals surface area contributed by atoms with Gasteiger partial charge in [-0.3, -0.25) is 9.89 Å². The van der Waals surface area contributed by atoms with E-state index in [2.05, 4.69) is 49.2 Å². The minimum absolute atomic E-state index is 0.116. The number of allylic oxidation sites excluding steroid dienone is 2. The van der Waals surface area contributed by atoms with Gasteiger partial charge in [0, 0.05) is 21.9 Å². The molecule has 1 aliphatic heterocycles. The minimum atomic E-state index is -0.229. The van der Waals surface area contributed by atoms with Crippen molar-refractivity contribution in [3.63, 3.8) is 0 Å². The van der Waals surface area contributed by atoms with E-state index in [1.807, 2.05) is 37.4 Å². The average Bonchev–Trinajstić information content (AvgIpc) is 3.28. The van der Waals surface area contributed by atoms with E-state index in [0.717, 1.165) is 51.3 Å². The molecule has 0 fully saturated rings. The number of benzene rings is 2. The Balaban J connectivity index is 1.67. The summed E-state index contributed by atoms with van der Waals surface area (Å²) < 4.78 is 5.90. The molecular weight excluding hydrogens is 420 g/mol. The van der Waals surface area contributed by atoms with Crippen LogP contribution in [0.15, 0.2) is 48.7 Å². The number of nitrogens with zero attached hydrogens (tertiary/aromatic N) is 1. The smallest absolute Gasteiger partial charge is 0.169 e. The summed E-state index contributed by atoms with van der Waals surface area (Å²) in [5.74, 6) is 0.976. The fraction of sp³-hybridized carbons (Fsp3) is 0.333. The largest absolute Gasteiger partial charge is 0.493 e. The molecule has 1 aliphatic rings. The van der Waals surface area contributed by atoms with Gasteiger partial charge >= 0.3 is 0 Å². The summed E-state index contributed by atoms with van der Waals surface area (Å²) in [4.78, 5) is 13.6. The van der Waals surface area contributed by atoms with Gasteiger partial charge in [-0.25, -0.2) is 0 Å². The van der Waals surface area contributed by atoms with Crippen LogP contribution in [0.3, 0.4) is 0 Å². The van der Waals surface area contributed by atoms with Gasteiger partial charge in [-0.05, 0) is 66.1 Å². The van der Waals surface area contributed by atoms with Crippen molar-refractivity contribution in [1.82, 2.24) is 10.2 Å². The SMILES string of the molecule is C/C=C(/C(=O)[C@@H]1COc2ccc(Cl)cc2C1)c1ccc(-c2cn[nH]c2CC)cc1C(C)C. The normalized spacial score (nSPS) is 16.1. The van der Waals surface area contributed by atoms with Gasteiger partial charge in [0.25, 0.3) is 0 Å². The number of hydrogen-bond donors (Lipinski definition) is 1. The molecule has 0 spiro atoms. The number of H-pyrrole nitrogens is 1. The zero-order chi connectivity index (χ0) is 22.8. The summed E-state index contributed by atoms with van der Waals surface area (Å²) in [6.45, 7) is 8.76. The quantitative estimate of drug-likeness (QED) is 0.430. The van der Waals surface area contributed by atoms with Crippen LogP contribution in [-0.2, 0) is 17.6 Å². The monoisotopic (exact) mass is 448 g/mol. The summed E-state index contributed by atoms with van der Waals surface area (Å²) in [6.07, 6.45) is 5.34. The molecule has 1 atom stereocenters. The molecule has 2 heterocycles. The molecule has 0 bridgehead atoms. The van der Waals surface area contributed by atoms with Gasteiger partial charge < -0.3 is 4.74 Å². The van der Waals surface area contributed by atoms with Gasteiger partial charge in [0.2, 0.25) is 0 Å². The van der Waals surface area contributed by atoms with Gasteiger partial charge in [0.15, 0.2) is 5.78 Å². The lowest BCUT2D eigenvalue weighted by atomic mass is 9.83. The van der Waals surface area contributed by atoms with Crippen molar-refractivity contribution in [2.24, 2.45) is 5.92 Å². The van der Waals surface area contributed by atoms with Crippen LogP contribution in [-0.4, -0.2) is 22.6 Å². The first-order valence-electron chi connectivity index (χ1n) is 11.2. The molecular formula is C27H29ClN2O2. The second-order valence-electron chi connectivity index (χ2n) is 8.60. The summed E-state index contributed by atoms with van der Waals surface area (Å²) in [5.41, 5.74) is 7.25. The molecule has 4 nitrogen and oxygen atoms in total. The molecule has 2 aromatic carbocycles. The van der Waals surface area contributed by atoms with Crippen molar-refractivity contribution >= 4 is 23.0 Å². The lowest BCUT2D eigenvalue weighted by Crippen LogP contribution is -2.29. The molecule has 0 aliphatic carbocycles. The van der Waals surface area contributed by atoms with Gasteiger partial charge in [-0.15, -0.1) is 0 Å². The van der Waals surface area contributed by atoms with Crippen molar-refractivity contribution in [3.8, 4) is 16.9 Å². The van der Waals surface area contributed by atoms with E-state index in [1.165, 1.54) is 0 Å². The number of aryl methyl sites for hydroxylation is 1. The average molecular weight is 449 g/mol. The summed E-state index contributed by atoms with van der Waals surface area (Å²) in [7, 11) is 0. The number of Topliss-reactive ketones (excluding diaryl/α,β-unsaturated/α-hetero) is 1. The first-order valence-corrected chi connectivity index (χ1v) is 11.6.